The number of carbonyl (C=O) groups is 2. The maximum Gasteiger partial charge on any atom is 0.307 e. The molecule has 0 fully saturated rings. The van der Waals surface area contributed by atoms with E-state index in [2.05, 4.69) is 11.9 Å². The van der Waals surface area contributed by atoms with Gasteiger partial charge in [-0.05, 0) is 24.6 Å². The van der Waals surface area contributed by atoms with E-state index in [0.717, 1.165) is 0 Å². The van der Waals surface area contributed by atoms with Crippen LogP contribution in [0.2, 0.25) is 0 Å². The molecule has 114 valence electrons. The van der Waals surface area contributed by atoms with Crippen molar-refractivity contribution < 1.29 is 23.1 Å². The lowest BCUT2D eigenvalue weighted by Crippen LogP contribution is -2.33. The van der Waals surface area contributed by atoms with Crippen LogP contribution in [-0.4, -0.2) is 36.4 Å². The molecule has 0 aromatic heterocycles. The Balaban J connectivity index is 2.75. The van der Waals surface area contributed by atoms with Crippen molar-refractivity contribution in [3.05, 3.63) is 42.5 Å². The van der Waals surface area contributed by atoms with E-state index in [1.807, 2.05) is 0 Å². The maximum absolute atomic E-state index is 11.9. The standard InChI is InChI=1S/C14H17NO5S/c1-3-8-21(19,20)10(2)14(18)15-12-6-4-11(5-7-12)9-13(16)17/h3-7,10H,1,8-9H2,2H3,(H,15,18)(H,16,17). The monoisotopic (exact) mass is 311 g/mol. The molecule has 0 aliphatic heterocycles. The lowest BCUT2D eigenvalue weighted by atomic mass is 10.1. The quantitative estimate of drug-likeness (QED) is 0.738. The molecule has 0 saturated carbocycles. The molecular weight excluding hydrogens is 294 g/mol. The van der Waals surface area contributed by atoms with Gasteiger partial charge in [0.1, 0.15) is 5.25 Å². The van der Waals surface area contributed by atoms with Gasteiger partial charge in [0.05, 0.1) is 12.2 Å². The van der Waals surface area contributed by atoms with E-state index in [9.17, 15) is 18.0 Å². The maximum atomic E-state index is 11.9. The number of carboxylic acid groups (broad SMARTS) is 1. The lowest BCUT2D eigenvalue weighted by Gasteiger charge is -2.12. The zero-order valence-corrected chi connectivity index (χ0v) is 12.4. The molecule has 1 rings (SSSR count). The predicted octanol–water partition coefficient (Wildman–Crippen LogP) is 1.24. The van der Waals surface area contributed by atoms with E-state index in [0.29, 0.717) is 11.3 Å². The van der Waals surface area contributed by atoms with Gasteiger partial charge in [-0.1, -0.05) is 18.2 Å². The molecule has 1 amide bonds. The third-order valence-corrected chi connectivity index (χ3v) is 4.83. The molecule has 0 bridgehead atoms. The summed E-state index contributed by atoms with van der Waals surface area (Å²) < 4.78 is 23.5. The highest BCUT2D eigenvalue weighted by atomic mass is 32.2. The van der Waals surface area contributed by atoms with Crippen LogP contribution in [0, 0.1) is 0 Å². The number of rotatable bonds is 7. The van der Waals surface area contributed by atoms with Crippen LogP contribution in [-0.2, 0) is 25.8 Å². The Bertz CT molecular complexity index is 634. The van der Waals surface area contributed by atoms with Crippen molar-refractivity contribution in [2.45, 2.75) is 18.6 Å². The van der Waals surface area contributed by atoms with E-state index >= 15 is 0 Å². The van der Waals surface area contributed by atoms with Crippen molar-refractivity contribution in [3.8, 4) is 0 Å². The van der Waals surface area contributed by atoms with Crippen LogP contribution >= 0.6 is 0 Å². The Morgan fingerprint density at radius 3 is 2.38 bits per heavy atom. The number of carbonyl (C=O) groups excluding carboxylic acids is 1. The number of amides is 1. The van der Waals surface area contributed by atoms with Crippen molar-refractivity contribution in [3.63, 3.8) is 0 Å². The highest BCUT2D eigenvalue weighted by Gasteiger charge is 2.26. The lowest BCUT2D eigenvalue weighted by molar-refractivity contribution is -0.136. The SMILES string of the molecule is C=CCS(=O)(=O)C(C)C(=O)Nc1ccc(CC(=O)O)cc1. The molecule has 2 N–H and O–H groups in total. The zero-order chi connectivity index (χ0) is 16.0. The molecule has 0 aliphatic rings. The van der Waals surface area contributed by atoms with Crippen LogP contribution < -0.4 is 5.32 Å². The first kappa shape index (κ1) is 16.9. The highest BCUT2D eigenvalue weighted by Crippen LogP contribution is 2.12. The summed E-state index contributed by atoms with van der Waals surface area (Å²) in [6, 6.07) is 6.19. The number of carboxylic acids is 1. The molecule has 0 saturated heterocycles. The molecule has 0 heterocycles. The van der Waals surface area contributed by atoms with E-state index in [1.54, 1.807) is 12.1 Å². The first-order valence-electron chi connectivity index (χ1n) is 6.20. The van der Waals surface area contributed by atoms with Gasteiger partial charge < -0.3 is 10.4 Å². The molecule has 1 aromatic rings. The summed E-state index contributed by atoms with van der Waals surface area (Å²) in [6.07, 6.45) is 1.12. The van der Waals surface area contributed by atoms with Gasteiger partial charge in [0.2, 0.25) is 5.91 Å². The number of hydrogen-bond donors (Lipinski definition) is 2. The summed E-state index contributed by atoms with van der Waals surface area (Å²) in [6.45, 7) is 4.66. The van der Waals surface area contributed by atoms with Crippen molar-refractivity contribution in [1.29, 1.82) is 0 Å². The molecule has 0 radical (unpaired) electrons. The minimum absolute atomic E-state index is 0.113. The minimum atomic E-state index is -3.56. The van der Waals surface area contributed by atoms with Gasteiger partial charge in [-0.2, -0.15) is 0 Å². The van der Waals surface area contributed by atoms with Gasteiger partial charge in [0.15, 0.2) is 9.84 Å². The molecule has 1 aromatic carbocycles. The van der Waals surface area contributed by atoms with Crippen LogP contribution in [0.15, 0.2) is 36.9 Å². The molecule has 7 heteroatoms. The predicted molar refractivity (Wildman–Crippen MR) is 79.9 cm³/mol. The minimum Gasteiger partial charge on any atom is -0.481 e. The van der Waals surface area contributed by atoms with Gasteiger partial charge in [0, 0.05) is 5.69 Å². The Morgan fingerprint density at radius 1 is 1.33 bits per heavy atom. The molecule has 0 aliphatic carbocycles. The van der Waals surface area contributed by atoms with Crippen LogP contribution in [0.5, 0.6) is 0 Å². The largest absolute Gasteiger partial charge is 0.481 e. The van der Waals surface area contributed by atoms with E-state index in [1.165, 1.54) is 25.1 Å². The first-order valence-corrected chi connectivity index (χ1v) is 7.92. The fourth-order valence-corrected chi connectivity index (χ4v) is 2.60. The third-order valence-electron chi connectivity index (χ3n) is 2.83. The number of aliphatic carboxylic acids is 1. The molecule has 1 atom stereocenters. The van der Waals surface area contributed by atoms with Crippen molar-refractivity contribution in [2.24, 2.45) is 0 Å². The van der Waals surface area contributed by atoms with Crippen molar-refractivity contribution in [1.82, 2.24) is 0 Å². The summed E-state index contributed by atoms with van der Waals surface area (Å²) in [4.78, 5) is 22.4. The summed E-state index contributed by atoms with van der Waals surface area (Å²) in [5, 5.41) is 9.95. The van der Waals surface area contributed by atoms with Crippen LogP contribution in [0.3, 0.4) is 0 Å². The van der Waals surface area contributed by atoms with E-state index < -0.39 is 27.0 Å². The van der Waals surface area contributed by atoms with Gasteiger partial charge in [-0.25, -0.2) is 8.42 Å². The van der Waals surface area contributed by atoms with Gasteiger partial charge in [-0.15, -0.1) is 6.58 Å². The van der Waals surface area contributed by atoms with Crippen molar-refractivity contribution >= 4 is 27.4 Å². The number of sulfone groups is 1. The average molecular weight is 311 g/mol. The van der Waals surface area contributed by atoms with Crippen LogP contribution in [0.25, 0.3) is 0 Å². The molecule has 0 spiro atoms. The van der Waals surface area contributed by atoms with Gasteiger partial charge >= 0.3 is 5.97 Å². The Morgan fingerprint density at radius 2 is 1.90 bits per heavy atom. The fourth-order valence-electron chi connectivity index (χ4n) is 1.60. The Labute approximate surface area is 123 Å². The summed E-state index contributed by atoms with van der Waals surface area (Å²) >= 11 is 0. The first-order chi connectivity index (χ1) is 9.76. The number of benzene rings is 1. The summed E-state index contributed by atoms with van der Waals surface area (Å²) in [5.74, 6) is -1.85. The topological polar surface area (TPSA) is 101 Å². The summed E-state index contributed by atoms with van der Waals surface area (Å²) in [5.41, 5.74) is 1.00. The van der Waals surface area contributed by atoms with Gasteiger partial charge in [-0.3, -0.25) is 9.59 Å². The van der Waals surface area contributed by atoms with Crippen LogP contribution in [0.1, 0.15) is 12.5 Å². The fraction of sp³-hybridized carbons (Fsp3) is 0.286. The normalized spacial score (nSPS) is 12.4. The Hall–Kier alpha value is -2.15. The summed E-state index contributed by atoms with van der Waals surface area (Å²) in [7, 11) is -3.56. The second-order valence-corrected chi connectivity index (χ2v) is 6.88. The molecular formula is C14H17NO5S. The zero-order valence-electron chi connectivity index (χ0n) is 11.6. The average Bonchev–Trinajstić information content (AvgIpc) is 2.39. The number of anilines is 1. The van der Waals surface area contributed by atoms with E-state index in [-0.39, 0.29) is 12.2 Å². The molecule has 21 heavy (non-hydrogen) atoms. The number of hydrogen-bond acceptors (Lipinski definition) is 4. The van der Waals surface area contributed by atoms with Gasteiger partial charge in [0.25, 0.3) is 0 Å². The third kappa shape index (κ3) is 5.03. The van der Waals surface area contributed by atoms with Crippen molar-refractivity contribution in [2.75, 3.05) is 11.1 Å². The smallest absolute Gasteiger partial charge is 0.307 e. The Kier molecular flexibility index (Phi) is 5.66. The number of nitrogens with one attached hydrogen (secondary N) is 1. The van der Waals surface area contributed by atoms with E-state index in [4.69, 9.17) is 5.11 Å². The van der Waals surface area contributed by atoms with Crippen LogP contribution in [0.4, 0.5) is 5.69 Å². The second kappa shape index (κ2) is 7.03. The highest BCUT2D eigenvalue weighted by molar-refractivity contribution is 7.92. The molecule has 1 unspecified atom stereocenters. The second-order valence-electron chi connectivity index (χ2n) is 4.52. The molecule has 6 nitrogen and oxygen atoms in total.